The lowest BCUT2D eigenvalue weighted by molar-refractivity contribution is -0.119. The van der Waals surface area contributed by atoms with Crippen molar-refractivity contribution < 1.29 is 4.79 Å². The van der Waals surface area contributed by atoms with E-state index in [-0.39, 0.29) is 11.3 Å². The normalized spacial score (nSPS) is 22.2. The summed E-state index contributed by atoms with van der Waals surface area (Å²) in [4.78, 5) is 18.5. The van der Waals surface area contributed by atoms with E-state index >= 15 is 0 Å². The molecule has 0 radical (unpaired) electrons. The van der Waals surface area contributed by atoms with E-state index in [0.717, 1.165) is 50.0 Å². The van der Waals surface area contributed by atoms with Gasteiger partial charge in [0.15, 0.2) is 5.96 Å². The first-order valence-corrected chi connectivity index (χ1v) is 9.98. The second-order valence-electron chi connectivity index (χ2n) is 7.58. The van der Waals surface area contributed by atoms with Crippen LogP contribution in [0.25, 0.3) is 0 Å². The summed E-state index contributed by atoms with van der Waals surface area (Å²) in [6.45, 7) is 5.54. The largest absolute Gasteiger partial charge is 0.370 e. The first-order valence-electron chi connectivity index (χ1n) is 9.60. The van der Waals surface area contributed by atoms with Gasteiger partial charge < -0.3 is 16.0 Å². The van der Waals surface area contributed by atoms with Crippen LogP contribution in [0.4, 0.5) is 0 Å². The van der Waals surface area contributed by atoms with Crippen LogP contribution in [0.3, 0.4) is 0 Å². The minimum absolute atomic E-state index is 0.160. The van der Waals surface area contributed by atoms with Gasteiger partial charge in [-0.25, -0.2) is 0 Å². The fourth-order valence-electron chi connectivity index (χ4n) is 3.85. The topological polar surface area (TPSA) is 70.7 Å². The lowest BCUT2D eigenvalue weighted by atomic mass is 9.94. The van der Waals surface area contributed by atoms with E-state index < -0.39 is 0 Å². The van der Waals surface area contributed by atoms with Gasteiger partial charge in [0, 0.05) is 36.5 Å². The molecular weight excluding hydrogens is 348 g/mol. The van der Waals surface area contributed by atoms with Crippen LogP contribution < -0.4 is 11.1 Å². The van der Waals surface area contributed by atoms with Gasteiger partial charge in [0.1, 0.15) is 0 Å². The van der Waals surface area contributed by atoms with E-state index in [2.05, 4.69) is 29.3 Å². The highest BCUT2D eigenvalue weighted by Gasteiger charge is 2.44. The number of likely N-dealkylation sites (tertiary alicyclic amines) is 1. The van der Waals surface area contributed by atoms with Crippen LogP contribution in [0.1, 0.15) is 44.6 Å². The number of nitrogens with zero attached hydrogens (tertiary/aromatic N) is 2. The standard InChI is InChI=1S/C20H29ClN4O/c1-2-23-19(25-11-3-4-15(13-25)12-18(22)26)24-14-20(9-10-20)16-5-7-17(21)8-6-16/h5-8,15H,2-4,9-14H2,1H3,(H2,22,26)(H,23,24). The first kappa shape index (κ1) is 19.0. The van der Waals surface area contributed by atoms with Gasteiger partial charge in [-0.05, 0) is 56.2 Å². The molecule has 1 aromatic rings. The van der Waals surface area contributed by atoms with Crippen LogP contribution in [-0.4, -0.2) is 42.9 Å². The molecule has 2 aliphatic rings. The van der Waals surface area contributed by atoms with Crippen molar-refractivity contribution >= 4 is 23.5 Å². The predicted octanol–water partition coefficient (Wildman–Crippen LogP) is 2.92. The third-order valence-corrected chi connectivity index (χ3v) is 5.74. The molecule has 1 saturated carbocycles. The highest BCUT2D eigenvalue weighted by atomic mass is 35.5. The Kier molecular flexibility index (Phi) is 6.07. The zero-order valence-corrected chi connectivity index (χ0v) is 16.3. The molecule has 3 N–H and O–H groups in total. The molecule has 1 unspecified atom stereocenters. The third kappa shape index (κ3) is 4.70. The van der Waals surface area contributed by atoms with Crippen LogP contribution >= 0.6 is 11.6 Å². The number of hydrogen-bond donors (Lipinski definition) is 2. The van der Waals surface area contributed by atoms with Gasteiger partial charge in [0.25, 0.3) is 0 Å². The van der Waals surface area contributed by atoms with Crippen LogP contribution in [0.5, 0.6) is 0 Å². The highest BCUT2D eigenvalue weighted by molar-refractivity contribution is 6.30. The van der Waals surface area contributed by atoms with E-state index in [4.69, 9.17) is 22.3 Å². The van der Waals surface area contributed by atoms with Crippen molar-refractivity contribution in [2.24, 2.45) is 16.6 Å². The molecule has 1 heterocycles. The number of nitrogens with two attached hydrogens (primary N) is 1. The van der Waals surface area contributed by atoms with Crippen molar-refractivity contribution in [3.63, 3.8) is 0 Å². The molecule has 1 saturated heterocycles. The predicted molar refractivity (Wildman–Crippen MR) is 106 cm³/mol. The molecule has 2 fully saturated rings. The van der Waals surface area contributed by atoms with Crippen LogP contribution in [0.15, 0.2) is 29.3 Å². The van der Waals surface area contributed by atoms with Crippen molar-refractivity contribution in [2.45, 2.75) is 44.4 Å². The summed E-state index contributed by atoms with van der Waals surface area (Å²) in [5.74, 6) is 1.08. The lowest BCUT2D eigenvalue weighted by Crippen LogP contribution is -2.47. The molecule has 1 amide bonds. The Morgan fingerprint density at radius 3 is 2.73 bits per heavy atom. The third-order valence-electron chi connectivity index (χ3n) is 5.48. The number of hydrogen-bond acceptors (Lipinski definition) is 2. The maximum Gasteiger partial charge on any atom is 0.217 e. The van der Waals surface area contributed by atoms with Crippen LogP contribution in [-0.2, 0) is 10.2 Å². The van der Waals surface area contributed by atoms with Crippen molar-refractivity contribution in [3.05, 3.63) is 34.9 Å². The van der Waals surface area contributed by atoms with Crippen molar-refractivity contribution in [1.29, 1.82) is 0 Å². The molecule has 3 rings (SSSR count). The average Bonchev–Trinajstić information content (AvgIpc) is 3.40. The molecule has 1 aromatic carbocycles. The number of piperidine rings is 1. The van der Waals surface area contributed by atoms with Crippen LogP contribution in [0.2, 0.25) is 5.02 Å². The van der Waals surface area contributed by atoms with Crippen molar-refractivity contribution in [1.82, 2.24) is 10.2 Å². The van der Waals surface area contributed by atoms with E-state index in [9.17, 15) is 4.79 Å². The molecule has 0 spiro atoms. The maximum atomic E-state index is 11.3. The molecule has 142 valence electrons. The number of halogens is 1. The Morgan fingerprint density at radius 1 is 1.38 bits per heavy atom. The van der Waals surface area contributed by atoms with Gasteiger partial charge in [-0.3, -0.25) is 9.79 Å². The maximum absolute atomic E-state index is 11.3. The summed E-state index contributed by atoms with van der Waals surface area (Å²) in [6.07, 6.45) is 4.94. The Balaban J connectivity index is 1.69. The number of carbonyl (C=O) groups excluding carboxylic acids is 1. The Labute approximate surface area is 161 Å². The molecule has 1 aliphatic heterocycles. The summed E-state index contributed by atoms with van der Waals surface area (Å²) in [5, 5.41) is 4.20. The number of rotatable bonds is 6. The second kappa shape index (κ2) is 8.30. The van der Waals surface area contributed by atoms with E-state index in [1.54, 1.807) is 0 Å². The van der Waals surface area contributed by atoms with Gasteiger partial charge in [-0.2, -0.15) is 0 Å². The number of primary amides is 1. The zero-order chi connectivity index (χ0) is 18.6. The molecule has 0 bridgehead atoms. The monoisotopic (exact) mass is 376 g/mol. The Hall–Kier alpha value is -1.75. The molecular formula is C20H29ClN4O. The Morgan fingerprint density at radius 2 is 2.12 bits per heavy atom. The van der Waals surface area contributed by atoms with Crippen LogP contribution in [0, 0.1) is 5.92 Å². The summed E-state index contributed by atoms with van der Waals surface area (Å²) >= 11 is 6.02. The summed E-state index contributed by atoms with van der Waals surface area (Å²) in [7, 11) is 0. The highest BCUT2D eigenvalue weighted by Crippen LogP contribution is 2.48. The number of nitrogens with one attached hydrogen (secondary N) is 1. The summed E-state index contributed by atoms with van der Waals surface area (Å²) < 4.78 is 0. The van der Waals surface area contributed by atoms with Gasteiger partial charge in [-0.1, -0.05) is 23.7 Å². The molecule has 6 heteroatoms. The smallest absolute Gasteiger partial charge is 0.217 e. The van der Waals surface area contributed by atoms with E-state index in [1.807, 2.05) is 12.1 Å². The molecule has 1 aliphatic carbocycles. The fourth-order valence-corrected chi connectivity index (χ4v) is 3.98. The van der Waals surface area contributed by atoms with Crippen molar-refractivity contribution in [2.75, 3.05) is 26.2 Å². The SMILES string of the molecule is CCNC(=NCC1(c2ccc(Cl)cc2)CC1)N1CCCC(CC(N)=O)C1. The number of benzene rings is 1. The first-order chi connectivity index (χ1) is 12.5. The van der Waals surface area contributed by atoms with Gasteiger partial charge in [0.05, 0.1) is 6.54 Å². The van der Waals surface area contributed by atoms with Gasteiger partial charge >= 0.3 is 0 Å². The quantitative estimate of drug-likeness (QED) is 0.592. The average molecular weight is 377 g/mol. The zero-order valence-electron chi connectivity index (χ0n) is 15.5. The fraction of sp³-hybridized carbons (Fsp3) is 0.600. The van der Waals surface area contributed by atoms with Gasteiger partial charge in [0.2, 0.25) is 5.91 Å². The van der Waals surface area contributed by atoms with Crippen molar-refractivity contribution in [3.8, 4) is 0 Å². The molecule has 26 heavy (non-hydrogen) atoms. The van der Waals surface area contributed by atoms with Gasteiger partial charge in [-0.15, -0.1) is 0 Å². The number of amides is 1. The molecule has 0 aromatic heterocycles. The number of guanidine groups is 1. The minimum atomic E-state index is -0.210. The lowest BCUT2D eigenvalue weighted by Gasteiger charge is -2.35. The molecule has 5 nitrogen and oxygen atoms in total. The van der Waals surface area contributed by atoms with E-state index in [0.29, 0.717) is 12.3 Å². The Bertz CT molecular complexity index is 654. The summed E-state index contributed by atoms with van der Waals surface area (Å²) in [6, 6.07) is 8.18. The second-order valence-corrected chi connectivity index (χ2v) is 8.02. The number of carbonyl (C=O) groups is 1. The van der Waals surface area contributed by atoms with E-state index in [1.165, 1.54) is 18.4 Å². The molecule has 1 atom stereocenters. The minimum Gasteiger partial charge on any atom is -0.370 e. The summed E-state index contributed by atoms with van der Waals surface area (Å²) in [5.41, 5.74) is 6.88. The number of aliphatic imine (C=N–C) groups is 1.